The van der Waals surface area contributed by atoms with Crippen LogP contribution in [-0.4, -0.2) is 40.7 Å². The van der Waals surface area contributed by atoms with E-state index in [4.69, 9.17) is 16.7 Å². The van der Waals surface area contributed by atoms with Crippen LogP contribution in [0, 0.1) is 5.92 Å². The van der Waals surface area contributed by atoms with Gasteiger partial charge in [-0.1, -0.05) is 23.7 Å². The van der Waals surface area contributed by atoms with Crippen molar-refractivity contribution in [1.29, 1.82) is 0 Å². The van der Waals surface area contributed by atoms with Crippen LogP contribution in [0.4, 0.5) is 0 Å². The van der Waals surface area contributed by atoms with E-state index in [9.17, 15) is 9.59 Å². The molecule has 1 heterocycles. The molecular formula is C14H16ClNO3S. The Morgan fingerprint density at radius 3 is 2.65 bits per heavy atom. The van der Waals surface area contributed by atoms with Crippen molar-refractivity contribution in [3.05, 3.63) is 34.9 Å². The number of aliphatic carboxylic acids is 1. The summed E-state index contributed by atoms with van der Waals surface area (Å²) in [4.78, 5) is 24.4. The molecule has 0 spiro atoms. The summed E-state index contributed by atoms with van der Waals surface area (Å²) in [7, 11) is 0. The second-order valence-electron chi connectivity index (χ2n) is 4.78. The van der Waals surface area contributed by atoms with E-state index in [1.54, 1.807) is 4.90 Å². The van der Waals surface area contributed by atoms with Gasteiger partial charge in [-0.15, -0.1) is 11.8 Å². The van der Waals surface area contributed by atoms with Gasteiger partial charge in [-0.2, -0.15) is 0 Å². The maximum Gasteiger partial charge on any atom is 0.308 e. The number of hydrogen-bond acceptors (Lipinski definition) is 3. The number of benzene rings is 1. The maximum absolute atomic E-state index is 11.9. The summed E-state index contributed by atoms with van der Waals surface area (Å²) in [6.07, 6.45) is 0.558. The van der Waals surface area contributed by atoms with Gasteiger partial charge in [0, 0.05) is 23.9 Å². The number of nitrogens with zero attached hydrogens (tertiary/aromatic N) is 1. The van der Waals surface area contributed by atoms with Gasteiger partial charge in [0.1, 0.15) is 0 Å². The minimum Gasteiger partial charge on any atom is -0.481 e. The Bertz CT molecular complexity index is 492. The van der Waals surface area contributed by atoms with E-state index in [-0.39, 0.29) is 5.91 Å². The van der Waals surface area contributed by atoms with E-state index >= 15 is 0 Å². The zero-order valence-corrected chi connectivity index (χ0v) is 12.5. The molecule has 6 heteroatoms. The predicted molar refractivity (Wildman–Crippen MR) is 79.9 cm³/mol. The number of carboxylic acid groups (broad SMARTS) is 1. The summed E-state index contributed by atoms with van der Waals surface area (Å²) in [6, 6.07) is 7.54. The average molecular weight is 314 g/mol. The fraction of sp³-hybridized carbons (Fsp3) is 0.429. The smallest absolute Gasteiger partial charge is 0.308 e. The minimum atomic E-state index is -0.811. The molecule has 1 aromatic carbocycles. The van der Waals surface area contributed by atoms with Crippen molar-refractivity contribution >= 4 is 35.2 Å². The Morgan fingerprint density at radius 2 is 2.05 bits per heavy atom. The summed E-state index contributed by atoms with van der Waals surface area (Å²) < 4.78 is 0. The van der Waals surface area contributed by atoms with Gasteiger partial charge >= 0.3 is 5.97 Å². The van der Waals surface area contributed by atoms with Crippen molar-refractivity contribution in [2.45, 2.75) is 12.2 Å². The van der Waals surface area contributed by atoms with E-state index in [2.05, 4.69) is 0 Å². The molecule has 0 bridgehead atoms. The molecule has 1 aromatic rings. The monoisotopic (exact) mass is 313 g/mol. The summed E-state index contributed by atoms with van der Waals surface area (Å²) in [6.45, 7) is 0.896. The molecule has 0 aromatic heterocycles. The quantitative estimate of drug-likeness (QED) is 0.907. The molecule has 0 radical (unpaired) electrons. The highest BCUT2D eigenvalue weighted by molar-refractivity contribution is 7.99. The van der Waals surface area contributed by atoms with Crippen LogP contribution < -0.4 is 0 Å². The number of rotatable bonds is 5. The lowest BCUT2D eigenvalue weighted by Gasteiger charge is -2.15. The highest BCUT2D eigenvalue weighted by Gasteiger charge is 2.30. The van der Waals surface area contributed by atoms with E-state index < -0.39 is 11.9 Å². The zero-order chi connectivity index (χ0) is 14.5. The van der Waals surface area contributed by atoms with Crippen LogP contribution in [-0.2, 0) is 15.3 Å². The van der Waals surface area contributed by atoms with Gasteiger partial charge in [0.05, 0.1) is 11.7 Å². The molecular weight excluding hydrogens is 298 g/mol. The number of carbonyl (C=O) groups is 2. The fourth-order valence-corrected chi connectivity index (χ4v) is 3.13. The van der Waals surface area contributed by atoms with E-state index in [0.29, 0.717) is 30.3 Å². The molecule has 1 N–H and O–H groups in total. The molecule has 108 valence electrons. The number of carboxylic acids is 1. The standard InChI is InChI=1S/C14H16ClNO3S/c15-12-3-1-10(2-4-12)8-20-9-13(17)16-6-5-11(7-16)14(18)19/h1-4,11H,5-9H2,(H,18,19). The summed E-state index contributed by atoms with van der Waals surface area (Å²) in [5.41, 5.74) is 1.12. The minimum absolute atomic E-state index is 0.0210. The fourth-order valence-electron chi connectivity index (χ4n) is 2.12. The van der Waals surface area contributed by atoms with Gasteiger partial charge in [0.25, 0.3) is 0 Å². The van der Waals surface area contributed by atoms with Crippen molar-refractivity contribution in [3.8, 4) is 0 Å². The number of likely N-dealkylation sites (tertiary alicyclic amines) is 1. The normalized spacial score (nSPS) is 18.2. The van der Waals surface area contributed by atoms with Crippen LogP contribution in [0.5, 0.6) is 0 Å². The molecule has 2 rings (SSSR count). The lowest BCUT2D eigenvalue weighted by Crippen LogP contribution is -2.31. The molecule has 1 saturated heterocycles. The highest BCUT2D eigenvalue weighted by Crippen LogP contribution is 2.19. The largest absolute Gasteiger partial charge is 0.481 e. The molecule has 1 atom stereocenters. The first kappa shape index (κ1) is 15.2. The first-order valence-corrected chi connectivity index (χ1v) is 7.92. The van der Waals surface area contributed by atoms with Crippen molar-refractivity contribution in [2.75, 3.05) is 18.8 Å². The van der Waals surface area contributed by atoms with Crippen LogP contribution in [0.3, 0.4) is 0 Å². The van der Waals surface area contributed by atoms with Crippen LogP contribution in [0.25, 0.3) is 0 Å². The maximum atomic E-state index is 11.9. The third-order valence-electron chi connectivity index (χ3n) is 3.30. The van der Waals surface area contributed by atoms with Gasteiger partial charge in [-0.05, 0) is 24.1 Å². The van der Waals surface area contributed by atoms with Gasteiger partial charge in [-0.25, -0.2) is 0 Å². The second-order valence-corrected chi connectivity index (χ2v) is 6.20. The van der Waals surface area contributed by atoms with E-state index in [1.165, 1.54) is 11.8 Å². The molecule has 1 unspecified atom stereocenters. The Balaban J connectivity index is 1.73. The Morgan fingerprint density at radius 1 is 1.35 bits per heavy atom. The predicted octanol–water partition coefficient (Wildman–Crippen LogP) is 2.51. The van der Waals surface area contributed by atoms with Gasteiger partial charge < -0.3 is 10.0 Å². The molecule has 1 aliphatic heterocycles. The molecule has 4 nitrogen and oxygen atoms in total. The molecule has 20 heavy (non-hydrogen) atoms. The lowest BCUT2D eigenvalue weighted by atomic mass is 10.1. The molecule has 0 aliphatic carbocycles. The van der Waals surface area contributed by atoms with E-state index in [0.717, 1.165) is 11.3 Å². The number of hydrogen-bond donors (Lipinski definition) is 1. The Kier molecular flexibility index (Phi) is 5.31. The molecule has 1 aliphatic rings. The third kappa shape index (κ3) is 4.15. The third-order valence-corrected chi connectivity index (χ3v) is 4.54. The summed E-state index contributed by atoms with van der Waals surface area (Å²) in [5, 5.41) is 9.61. The van der Waals surface area contributed by atoms with Crippen LogP contribution in [0.2, 0.25) is 5.02 Å². The molecule has 1 amide bonds. The Labute approximate surface area is 127 Å². The van der Waals surface area contributed by atoms with Gasteiger partial charge in [-0.3, -0.25) is 9.59 Å². The lowest BCUT2D eigenvalue weighted by molar-refractivity contribution is -0.141. The van der Waals surface area contributed by atoms with Crippen LogP contribution in [0.1, 0.15) is 12.0 Å². The van der Waals surface area contributed by atoms with Crippen LogP contribution >= 0.6 is 23.4 Å². The van der Waals surface area contributed by atoms with Crippen molar-refractivity contribution in [2.24, 2.45) is 5.92 Å². The highest BCUT2D eigenvalue weighted by atomic mass is 35.5. The topological polar surface area (TPSA) is 57.6 Å². The first-order chi connectivity index (χ1) is 9.56. The second kappa shape index (κ2) is 6.99. The summed E-state index contributed by atoms with van der Waals surface area (Å²) in [5.74, 6) is -0.0595. The number of amides is 1. The molecule has 0 saturated carbocycles. The number of carbonyl (C=O) groups excluding carboxylic acids is 1. The average Bonchev–Trinajstić information content (AvgIpc) is 2.91. The van der Waals surface area contributed by atoms with Crippen LogP contribution in [0.15, 0.2) is 24.3 Å². The van der Waals surface area contributed by atoms with Crippen molar-refractivity contribution < 1.29 is 14.7 Å². The van der Waals surface area contributed by atoms with Gasteiger partial charge in [0.15, 0.2) is 0 Å². The van der Waals surface area contributed by atoms with Crippen molar-refractivity contribution in [3.63, 3.8) is 0 Å². The number of halogens is 1. The summed E-state index contributed by atoms with van der Waals surface area (Å²) >= 11 is 7.34. The Hall–Kier alpha value is -1.20. The number of thioether (sulfide) groups is 1. The van der Waals surface area contributed by atoms with Gasteiger partial charge in [0.2, 0.25) is 5.91 Å². The first-order valence-electron chi connectivity index (χ1n) is 6.39. The van der Waals surface area contributed by atoms with E-state index in [1.807, 2.05) is 24.3 Å². The molecule has 1 fully saturated rings. The zero-order valence-electron chi connectivity index (χ0n) is 10.9. The van der Waals surface area contributed by atoms with Crippen molar-refractivity contribution in [1.82, 2.24) is 4.90 Å². The SMILES string of the molecule is O=C(O)C1CCN(C(=O)CSCc2ccc(Cl)cc2)C1.